The van der Waals surface area contributed by atoms with Gasteiger partial charge in [0.1, 0.15) is 11.5 Å². The highest BCUT2D eigenvalue weighted by molar-refractivity contribution is 6.04. The predicted molar refractivity (Wildman–Crippen MR) is 151 cm³/mol. The number of esters is 1. The number of rotatable bonds is 5. The van der Waals surface area contributed by atoms with Crippen LogP contribution >= 0.6 is 0 Å². The number of piperidine rings is 1. The van der Waals surface area contributed by atoms with Crippen molar-refractivity contribution in [3.05, 3.63) is 107 Å². The number of fused-ring (bicyclic) bond motifs is 3. The van der Waals surface area contributed by atoms with Crippen LogP contribution in [0.1, 0.15) is 46.3 Å². The van der Waals surface area contributed by atoms with Crippen LogP contribution < -0.4 is 14.4 Å². The second-order valence-corrected chi connectivity index (χ2v) is 9.88. The maximum Gasteiger partial charge on any atom is 0.338 e. The van der Waals surface area contributed by atoms with Crippen molar-refractivity contribution >= 4 is 28.5 Å². The summed E-state index contributed by atoms with van der Waals surface area (Å²) in [5.41, 5.74) is 3.58. The van der Waals surface area contributed by atoms with Crippen LogP contribution in [0.3, 0.4) is 0 Å². The zero-order valence-electron chi connectivity index (χ0n) is 21.8. The highest BCUT2D eigenvalue weighted by atomic mass is 16.5. The molecule has 2 heterocycles. The fourth-order valence-electron chi connectivity index (χ4n) is 5.68. The first-order valence-electron chi connectivity index (χ1n) is 13.2. The maximum atomic E-state index is 12.8. The van der Waals surface area contributed by atoms with Gasteiger partial charge in [-0.2, -0.15) is 0 Å². The number of nitrogens with zero attached hydrogens (tertiary/aromatic N) is 1. The minimum absolute atomic E-state index is 0.405. The summed E-state index contributed by atoms with van der Waals surface area (Å²) in [6.45, 7) is 2.19. The second kappa shape index (κ2) is 9.90. The molecule has 5 heteroatoms. The summed E-state index contributed by atoms with van der Waals surface area (Å²) in [5.74, 6) is 0.955. The molecule has 0 amide bonds. The van der Waals surface area contributed by atoms with Crippen molar-refractivity contribution in [2.45, 2.75) is 24.9 Å². The number of hydrogen-bond acceptors (Lipinski definition) is 5. The summed E-state index contributed by atoms with van der Waals surface area (Å²) < 4.78 is 17.6. The molecule has 0 spiro atoms. The Morgan fingerprint density at radius 2 is 1.61 bits per heavy atom. The third kappa shape index (κ3) is 4.08. The van der Waals surface area contributed by atoms with Crippen LogP contribution in [-0.4, -0.2) is 33.3 Å². The molecule has 1 atom stereocenters. The number of benzene rings is 4. The lowest BCUT2D eigenvalue weighted by molar-refractivity contribution is 0.0599. The van der Waals surface area contributed by atoms with Crippen LogP contribution in [0.25, 0.3) is 16.8 Å². The van der Waals surface area contributed by atoms with Gasteiger partial charge in [0.2, 0.25) is 0 Å². The normalized spacial score (nSPS) is 18.5. The van der Waals surface area contributed by atoms with Crippen molar-refractivity contribution in [3.63, 3.8) is 0 Å². The van der Waals surface area contributed by atoms with E-state index >= 15 is 0 Å². The monoisotopic (exact) mass is 505 g/mol. The Bertz CT molecular complexity index is 1500. The molecule has 0 saturated carbocycles. The lowest BCUT2D eigenvalue weighted by Gasteiger charge is -2.37. The Labute approximate surface area is 223 Å². The molecule has 2 aliphatic heterocycles. The van der Waals surface area contributed by atoms with Crippen molar-refractivity contribution in [2.24, 2.45) is 0 Å². The molecule has 0 bridgehead atoms. The Morgan fingerprint density at radius 1 is 0.868 bits per heavy atom. The molecule has 38 heavy (non-hydrogen) atoms. The van der Waals surface area contributed by atoms with Crippen LogP contribution in [0.4, 0.5) is 5.69 Å². The van der Waals surface area contributed by atoms with Gasteiger partial charge in [0.25, 0.3) is 0 Å². The molecule has 192 valence electrons. The zero-order chi connectivity index (χ0) is 26.1. The number of methoxy groups -OCH3 is 2. The molecule has 0 radical (unpaired) electrons. The molecular formula is C33H31NO4. The second-order valence-electron chi connectivity index (χ2n) is 9.88. The first-order valence-corrected chi connectivity index (χ1v) is 13.2. The first-order chi connectivity index (χ1) is 18.6. The number of carbonyl (C=O) groups excluding carboxylic acids is 1. The average Bonchev–Trinajstić information content (AvgIpc) is 3.00. The molecule has 0 N–H and O–H groups in total. The van der Waals surface area contributed by atoms with Crippen LogP contribution in [0, 0.1) is 0 Å². The summed E-state index contributed by atoms with van der Waals surface area (Å²) in [6, 6.07) is 26.6. The van der Waals surface area contributed by atoms with Gasteiger partial charge in [-0.3, -0.25) is 0 Å². The Kier molecular flexibility index (Phi) is 6.28. The third-order valence-corrected chi connectivity index (χ3v) is 7.71. The molecule has 1 unspecified atom stereocenters. The van der Waals surface area contributed by atoms with E-state index in [4.69, 9.17) is 14.2 Å². The van der Waals surface area contributed by atoms with Gasteiger partial charge >= 0.3 is 5.97 Å². The minimum Gasteiger partial charge on any atom is -0.497 e. The maximum absolute atomic E-state index is 12.8. The van der Waals surface area contributed by atoms with Crippen molar-refractivity contribution < 1.29 is 19.0 Å². The highest BCUT2D eigenvalue weighted by Crippen LogP contribution is 2.47. The van der Waals surface area contributed by atoms with Gasteiger partial charge in [0.15, 0.2) is 5.60 Å². The Hall–Kier alpha value is -4.25. The van der Waals surface area contributed by atoms with E-state index in [2.05, 4.69) is 47.4 Å². The number of carbonyl (C=O) groups is 1. The van der Waals surface area contributed by atoms with Gasteiger partial charge in [-0.1, -0.05) is 42.5 Å². The van der Waals surface area contributed by atoms with E-state index in [-0.39, 0.29) is 0 Å². The fourth-order valence-corrected chi connectivity index (χ4v) is 5.68. The lowest BCUT2D eigenvalue weighted by atomic mass is 9.82. The molecule has 6 rings (SSSR count). The van der Waals surface area contributed by atoms with Crippen molar-refractivity contribution in [1.29, 1.82) is 0 Å². The molecule has 5 nitrogen and oxygen atoms in total. The van der Waals surface area contributed by atoms with Crippen LogP contribution in [0.2, 0.25) is 0 Å². The first kappa shape index (κ1) is 24.1. The number of hydrogen-bond donors (Lipinski definition) is 0. The summed E-state index contributed by atoms with van der Waals surface area (Å²) >= 11 is 0. The topological polar surface area (TPSA) is 48.0 Å². The van der Waals surface area contributed by atoms with Gasteiger partial charge in [0.05, 0.1) is 19.8 Å². The highest BCUT2D eigenvalue weighted by Gasteiger charge is 2.39. The minimum atomic E-state index is -0.865. The smallest absolute Gasteiger partial charge is 0.338 e. The van der Waals surface area contributed by atoms with Gasteiger partial charge in [-0.05, 0) is 73.2 Å². The SMILES string of the molecule is COC(=O)c1cc2cc(OC)ccc2c2c1C=CC(c1ccccc1)(c1ccc(N3CCCCC3)cc1)O2. The number of anilines is 1. The van der Waals surface area contributed by atoms with Gasteiger partial charge in [-0.15, -0.1) is 0 Å². The van der Waals surface area contributed by atoms with E-state index in [0.29, 0.717) is 22.6 Å². The van der Waals surface area contributed by atoms with E-state index in [9.17, 15) is 4.79 Å². The quantitative estimate of drug-likeness (QED) is 0.274. The fraction of sp³-hybridized carbons (Fsp3) is 0.242. The molecule has 1 saturated heterocycles. The molecule has 0 aliphatic carbocycles. The van der Waals surface area contributed by atoms with Crippen LogP contribution in [0.15, 0.2) is 84.9 Å². The van der Waals surface area contributed by atoms with Gasteiger partial charge < -0.3 is 19.1 Å². The lowest BCUT2D eigenvalue weighted by Crippen LogP contribution is -2.35. The van der Waals surface area contributed by atoms with Crippen molar-refractivity contribution in [1.82, 2.24) is 0 Å². The molecule has 4 aromatic carbocycles. The summed E-state index contributed by atoms with van der Waals surface area (Å²) in [6.07, 6.45) is 7.83. The summed E-state index contributed by atoms with van der Waals surface area (Å²) in [4.78, 5) is 15.3. The van der Waals surface area contributed by atoms with E-state index in [1.807, 2.05) is 48.5 Å². The number of ether oxygens (including phenoxy) is 3. The van der Waals surface area contributed by atoms with Crippen molar-refractivity contribution in [2.75, 3.05) is 32.2 Å². The average molecular weight is 506 g/mol. The molecule has 4 aromatic rings. The van der Waals surface area contributed by atoms with Crippen molar-refractivity contribution in [3.8, 4) is 11.5 Å². The van der Waals surface area contributed by atoms with E-state index < -0.39 is 11.6 Å². The predicted octanol–water partition coefficient (Wildman–Crippen LogP) is 6.97. The standard InChI is InChI=1S/C33H31NO4/c1-36-27-15-16-28-23(21-27)22-30(32(35)37-2)29-17-18-33(38-31(28)29,24-9-5-3-6-10-24)25-11-13-26(14-12-25)34-19-7-4-8-20-34/h3,5-6,9-18,21-22H,4,7-8,19-20H2,1-2H3. The zero-order valence-corrected chi connectivity index (χ0v) is 21.8. The van der Waals surface area contributed by atoms with Crippen LogP contribution in [0.5, 0.6) is 11.5 Å². The largest absolute Gasteiger partial charge is 0.497 e. The summed E-state index contributed by atoms with van der Waals surface area (Å²) in [7, 11) is 3.03. The van der Waals surface area contributed by atoms with E-state index in [0.717, 1.165) is 35.0 Å². The molecule has 0 aromatic heterocycles. The summed E-state index contributed by atoms with van der Waals surface area (Å²) in [5, 5.41) is 1.75. The Balaban J connectivity index is 1.53. The van der Waals surface area contributed by atoms with Crippen LogP contribution in [-0.2, 0) is 10.3 Å². The molecular weight excluding hydrogens is 474 g/mol. The molecule has 1 fully saturated rings. The Morgan fingerprint density at radius 3 is 2.32 bits per heavy atom. The van der Waals surface area contributed by atoms with E-state index in [1.54, 1.807) is 7.11 Å². The van der Waals surface area contributed by atoms with Gasteiger partial charge in [-0.25, -0.2) is 4.79 Å². The van der Waals surface area contributed by atoms with E-state index in [1.165, 1.54) is 32.1 Å². The third-order valence-electron chi connectivity index (χ3n) is 7.71. The van der Waals surface area contributed by atoms with Gasteiger partial charge in [0, 0.05) is 40.9 Å². The molecule has 2 aliphatic rings.